The van der Waals surface area contributed by atoms with E-state index in [1.807, 2.05) is 45.0 Å². The van der Waals surface area contributed by atoms with Crippen molar-refractivity contribution in [2.75, 3.05) is 13.7 Å². The predicted octanol–water partition coefficient (Wildman–Crippen LogP) is 3.06. The molecule has 0 aliphatic rings. The molecule has 5 heteroatoms. The number of hydrogen-bond acceptors (Lipinski definition) is 3. The summed E-state index contributed by atoms with van der Waals surface area (Å²) in [5.74, 6) is 0.846. The summed E-state index contributed by atoms with van der Waals surface area (Å²) < 4.78 is 5.13. The molecule has 1 amide bonds. The highest BCUT2D eigenvalue weighted by molar-refractivity contribution is 5.85. The van der Waals surface area contributed by atoms with Crippen molar-refractivity contribution in [3.8, 4) is 5.75 Å². The Morgan fingerprint density at radius 3 is 2.19 bits per heavy atom. The fourth-order valence-corrected chi connectivity index (χ4v) is 2.28. The highest BCUT2D eigenvalue weighted by Gasteiger charge is 2.33. The van der Waals surface area contributed by atoms with Crippen molar-refractivity contribution < 1.29 is 9.53 Å². The summed E-state index contributed by atoms with van der Waals surface area (Å²) in [6.45, 7) is 6.37. The first kappa shape index (κ1) is 19.7. The van der Waals surface area contributed by atoms with E-state index in [-0.39, 0.29) is 24.4 Å². The lowest BCUT2D eigenvalue weighted by atomic mass is 9.81. The van der Waals surface area contributed by atoms with E-state index in [1.54, 1.807) is 7.11 Å². The first-order chi connectivity index (χ1) is 9.52. The van der Waals surface area contributed by atoms with Gasteiger partial charge in [-0.1, -0.05) is 26.0 Å². The zero-order chi connectivity index (χ0) is 15.2. The molecular weight excluding hydrogens is 288 g/mol. The Hall–Kier alpha value is -1.26. The van der Waals surface area contributed by atoms with Crippen LogP contribution in [-0.2, 0) is 4.79 Å². The fourth-order valence-electron chi connectivity index (χ4n) is 2.28. The summed E-state index contributed by atoms with van der Waals surface area (Å²) in [5.41, 5.74) is 6.40. The normalized spacial score (nSPS) is 12.2. The molecule has 0 aromatic heterocycles. The maximum Gasteiger partial charge on any atom is 0.227 e. The van der Waals surface area contributed by atoms with Crippen LogP contribution in [0.5, 0.6) is 5.75 Å². The third-order valence-corrected chi connectivity index (χ3v) is 4.19. The zero-order valence-electron chi connectivity index (χ0n) is 13.3. The summed E-state index contributed by atoms with van der Waals surface area (Å²) in [6.07, 6.45) is 1.50. The minimum Gasteiger partial charge on any atom is -0.497 e. The summed E-state index contributed by atoms with van der Waals surface area (Å²) in [6, 6.07) is 7.68. The molecule has 1 aromatic rings. The first-order valence-electron chi connectivity index (χ1n) is 7.18. The lowest BCUT2D eigenvalue weighted by Crippen LogP contribution is -2.46. The molecule has 0 aliphatic heterocycles. The Morgan fingerprint density at radius 1 is 1.29 bits per heavy atom. The van der Waals surface area contributed by atoms with Crippen LogP contribution in [0.4, 0.5) is 0 Å². The lowest BCUT2D eigenvalue weighted by molar-refractivity contribution is -0.131. The average molecular weight is 315 g/mol. The SMILES string of the molecule is CCC(CC)(CN)C(=O)NC(C)c1ccc(OC)cc1.Cl. The van der Waals surface area contributed by atoms with E-state index in [4.69, 9.17) is 10.5 Å². The first-order valence-corrected chi connectivity index (χ1v) is 7.18. The molecule has 0 aliphatic carbocycles. The van der Waals surface area contributed by atoms with E-state index < -0.39 is 5.41 Å². The second-order valence-corrected chi connectivity index (χ2v) is 5.16. The van der Waals surface area contributed by atoms with Gasteiger partial charge in [-0.2, -0.15) is 0 Å². The van der Waals surface area contributed by atoms with Crippen molar-refractivity contribution in [1.29, 1.82) is 0 Å². The molecule has 0 radical (unpaired) electrons. The molecule has 0 heterocycles. The van der Waals surface area contributed by atoms with Crippen LogP contribution in [-0.4, -0.2) is 19.6 Å². The number of carbonyl (C=O) groups excluding carboxylic acids is 1. The number of amides is 1. The van der Waals surface area contributed by atoms with Crippen LogP contribution in [0.25, 0.3) is 0 Å². The van der Waals surface area contributed by atoms with Crippen molar-refractivity contribution >= 4 is 18.3 Å². The second-order valence-electron chi connectivity index (χ2n) is 5.16. The maximum atomic E-state index is 12.4. The van der Waals surface area contributed by atoms with Gasteiger partial charge in [0.2, 0.25) is 5.91 Å². The molecule has 21 heavy (non-hydrogen) atoms. The van der Waals surface area contributed by atoms with Crippen LogP contribution in [0.3, 0.4) is 0 Å². The smallest absolute Gasteiger partial charge is 0.227 e. The van der Waals surface area contributed by atoms with Gasteiger partial charge < -0.3 is 15.8 Å². The largest absolute Gasteiger partial charge is 0.497 e. The van der Waals surface area contributed by atoms with Gasteiger partial charge in [-0.05, 0) is 37.5 Å². The van der Waals surface area contributed by atoms with E-state index in [0.717, 1.165) is 24.2 Å². The van der Waals surface area contributed by atoms with Crippen molar-refractivity contribution in [1.82, 2.24) is 5.32 Å². The molecule has 0 fully saturated rings. The van der Waals surface area contributed by atoms with E-state index in [1.165, 1.54) is 0 Å². The van der Waals surface area contributed by atoms with Gasteiger partial charge in [0.05, 0.1) is 18.6 Å². The van der Waals surface area contributed by atoms with E-state index >= 15 is 0 Å². The lowest BCUT2D eigenvalue weighted by Gasteiger charge is -2.30. The molecule has 1 rings (SSSR count). The van der Waals surface area contributed by atoms with E-state index in [0.29, 0.717) is 6.54 Å². The molecule has 120 valence electrons. The topological polar surface area (TPSA) is 64.4 Å². The highest BCUT2D eigenvalue weighted by Crippen LogP contribution is 2.26. The highest BCUT2D eigenvalue weighted by atomic mass is 35.5. The molecule has 0 bridgehead atoms. The number of ether oxygens (including phenoxy) is 1. The Morgan fingerprint density at radius 2 is 1.81 bits per heavy atom. The molecule has 0 spiro atoms. The molecule has 1 aromatic carbocycles. The van der Waals surface area contributed by atoms with Gasteiger partial charge in [0, 0.05) is 6.54 Å². The summed E-state index contributed by atoms with van der Waals surface area (Å²) >= 11 is 0. The van der Waals surface area contributed by atoms with Crippen LogP contribution in [0.15, 0.2) is 24.3 Å². The standard InChI is InChI=1S/C16H26N2O2.ClH/c1-5-16(6-2,11-17)15(19)18-12(3)13-7-9-14(20-4)10-8-13;/h7-10,12H,5-6,11,17H2,1-4H3,(H,18,19);1H. The van der Waals surface area contributed by atoms with Crippen molar-refractivity contribution in [3.63, 3.8) is 0 Å². The Balaban J connectivity index is 0.00000400. The summed E-state index contributed by atoms with van der Waals surface area (Å²) in [7, 11) is 1.64. The number of benzene rings is 1. The number of carbonyl (C=O) groups is 1. The average Bonchev–Trinajstić information content (AvgIpc) is 2.49. The van der Waals surface area contributed by atoms with Crippen molar-refractivity contribution in [2.24, 2.45) is 11.1 Å². The Bertz CT molecular complexity index is 422. The minimum atomic E-state index is -0.458. The van der Waals surface area contributed by atoms with Gasteiger partial charge in [-0.25, -0.2) is 0 Å². The summed E-state index contributed by atoms with van der Waals surface area (Å²) in [5, 5.41) is 3.07. The number of methoxy groups -OCH3 is 1. The second kappa shape index (κ2) is 8.90. The van der Waals surface area contributed by atoms with Crippen LogP contribution in [0.2, 0.25) is 0 Å². The van der Waals surface area contributed by atoms with Gasteiger partial charge >= 0.3 is 0 Å². The minimum absolute atomic E-state index is 0. The van der Waals surface area contributed by atoms with Gasteiger partial charge in [0.1, 0.15) is 5.75 Å². The van der Waals surface area contributed by atoms with Crippen LogP contribution >= 0.6 is 12.4 Å². The maximum absolute atomic E-state index is 12.4. The fraction of sp³-hybridized carbons (Fsp3) is 0.562. The Kier molecular flexibility index (Phi) is 8.37. The third kappa shape index (κ3) is 4.61. The van der Waals surface area contributed by atoms with Gasteiger partial charge in [0.25, 0.3) is 0 Å². The molecule has 3 N–H and O–H groups in total. The van der Waals surface area contributed by atoms with Gasteiger partial charge in [-0.3, -0.25) is 4.79 Å². The van der Waals surface area contributed by atoms with Crippen molar-refractivity contribution in [3.05, 3.63) is 29.8 Å². The third-order valence-electron chi connectivity index (χ3n) is 4.19. The number of hydrogen-bond donors (Lipinski definition) is 2. The Labute approximate surface area is 133 Å². The van der Waals surface area contributed by atoms with Crippen LogP contribution < -0.4 is 15.8 Å². The molecule has 0 saturated carbocycles. The molecule has 1 atom stereocenters. The molecule has 4 nitrogen and oxygen atoms in total. The number of halogens is 1. The van der Waals surface area contributed by atoms with E-state index in [2.05, 4.69) is 5.32 Å². The monoisotopic (exact) mass is 314 g/mol. The van der Waals surface area contributed by atoms with Crippen LogP contribution in [0, 0.1) is 5.41 Å². The molecule has 0 saturated heterocycles. The predicted molar refractivity (Wildman–Crippen MR) is 88.9 cm³/mol. The van der Waals surface area contributed by atoms with Crippen molar-refractivity contribution in [2.45, 2.75) is 39.7 Å². The summed E-state index contributed by atoms with van der Waals surface area (Å²) in [4.78, 5) is 12.4. The number of nitrogens with two attached hydrogens (primary N) is 1. The number of nitrogens with one attached hydrogen (secondary N) is 1. The van der Waals surface area contributed by atoms with E-state index in [9.17, 15) is 4.79 Å². The quantitative estimate of drug-likeness (QED) is 0.813. The number of rotatable bonds is 7. The molecular formula is C16H27ClN2O2. The van der Waals surface area contributed by atoms with Gasteiger partial charge in [-0.15, -0.1) is 12.4 Å². The molecule has 1 unspecified atom stereocenters. The zero-order valence-corrected chi connectivity index (χ0v) is 14.1. The van der Waals surface area contributed by atoms with Crippen LogP contribution in [0.1, 0.15) is 45.2 Å². The van der Waals surface area contributed by atoms with Gasteiger partial charge in [0.15, 0.2) is 0 Å².